The van der Waals surface area contributed by atoms with E-state index in [0.29, 0.717) is 63.4 Å². The van der Waals surface area contributed by atoms with Gasteiger partial charge in [0.15, 0.2) is 11.6 Å². The Morgan fingerprint density at radius 2 is 1.50 bits per heavy atom. The van der Waals surface area contributed by atoms with E-state index in [4.69, 9.17) is 18.9 Å². The Morgan fingerprint density at radius 3 is 2.19 bits per heavy atom. The van der Waals surface area contributed by atoms with Crippen molar-refractivity contribution in [2.24, 2.45) is 47.3 Å². The molecule has 0 radical (unpaired) electrons. The van der Waals surface area contributed by atoms with E-state index in [0.717, 1.165) is 12.0 Å². The van der Waals surface area contributed by atoms with E-state index in [-0.39, 0.29) is 72.4 Å². The van der Waals surface area contributed by atoms with Crippen LogP contribution in [0.1, 0.15) is 119 Å². The van der Waals surface area contributed by atoms with Crippen molar-refractivity contribution in [2.75, 3.05) is 27.9 Å². The molecular weight excluding hydrogens is 819 g/mol. The molecule has 3 N–H and O–H groups in total. The van der Waals surface area contributed by atoms with Gasteiger partial charge >= 0.3 is 0 Å². The van der Waals surface area contributed by atoms with Crippen LogP contribution < -0.4 is 0 Å². The van der Waals surface area contributed by atoms with Gasteiger partial charge in [0.1, 0.15) is 18.0 Å². The molecule has 2 saturated heterocycles. The van der Waals surface area contributed by atoms with Gasteiger partial charge in [0.25, 0.3) is 11.7 Å². The minimum absolute atomic E-state index is 0.0286. The summed E-state index contributed by atoms with van der Waals surface area (Å²) < 4.78 is 23.3. The van der Waals surface area contributed by atoms with Gasteiger partial charge in [0.05, 0.1) is 30.5 Å². The summed E-state index contributed by atoms with van der Waals surface area (Å²) in [6.45, 7) is 11.1. The maximum absolute atomic E-state index is 14.5. The van der Waals surface area contributed by atoms with Gasteiger partial charge in [-0.1, -0.05) is 64.2 Å². The van der Waals surface area contributed by atoms with Gasteiger partial charge in [-0.3, -0.25) is 24.0 Å². The Bertz CT molecular complexity index is 1790. The lowest BCUT2D eigenvalue weighted by Gasteiger charge is -2.44. The summed E-state index contributed by atoms with van der Waals surface area (Å²) in [5.74, 6) is -6.93. The number of piperidine rings is 1. The van der Waals surface area contributed by atoms with Gasteiger partial charge < -0.3 is 39.2 Å². The summed E-state index contributed by atoms with van der Waals surface area (Å²) in [5.41, 5.74) is 1.33. The topological polar surface area (TPSA) is 186 Å². The highest BCUT2D eigenvalue weighted by atomic mass is 16.6. The fourth-order valence-corrected chi connectivity index (χ4v) is 11.3. The number of allylic oxidation sites excluding steroid dienone is 6. The van der Waals surface area contributed by atoms with Gasteiger partial charge in [0.2, 0.25) is 5.79 Å². The molecule has 2 aliphatic carbocycles. The second-order valence-corrected chi connectivity index (χ2v) is 20.0. The zero-order valence-electron chi connectivity index (χ0n) is 39.8. The van der Waals surface area contributed by atoms with E-state index in [1.807, 2.05) is 51.2 Å². The van der Waals surface area contributed by atoms with Gasteiger partial charge in [-0.15, -0.1) is 0 Å². The number of hydrogen-bond acceptors (Lipinski definition) is 12. The average Bonchev–Trinajstić information content (AvgIpc) is 3.36. The molecule has 13 heteroatoms. The van der Waals surface area contributed by atoms with E-state index in [9.17, 15) is 39.3 Å². The van der Waals surface area contributed by atoms with Crippen LogP contribution in [-0.4, -0.2) is 126 Å². The van der Waals surface area contributed by atoms with Crippen molar-refractivity contribution in [3.63, 3.8) is 0 Å². The summed E-state index contributed by atoms with van der Waals surface area (Å²) >= 11 is 0. The predicted molar refractivity (Wildman–Crippen MR) is 242 cm³/mol. The van der Waals surface area contributed by atoms with Crippen molar-refractivity contribution in [2.45, 2.75) is 167 Å². The number of hydrogen-bond donors (Lipinski definition) is 3. The fraction of sp³-hybridized carbons (Fsp3) is 0.745. The maximum Gasteiger partial charge on any atom is 0.296 e. The fourth-order valence-electron chi connectivity index (χ4n) is 11.3. The molecule has 0 aromatic carbocycles. The van der Waals surface area contributed by atoms with Crippen molar-refractivity contribution in [1.29, 1.82) is 0 Å². The van der Waals surface area contributed by atoms with E-state index in [2.05, 4.69) is 0 Å². The molecule has 4 fully saturated rings. The van der Waals surface area contributed by atoms with E-state index in [1.165, 1.54) is 12.0 Å². The molecule has 5 aliphatic rings. The summed E-state index contributed by atoms with van der Waals surface area (Å²) in [4.78, 5) is 72.3. The zero-order chi connectivity index (χ0) is 47.0. The number of amides is 1. The molecule has 0 aromatic heterocycles. The minimum atomic E-state index is -2.38. The van der Waals surface area contributed by atoms with Crippen LogP contribution in [0, 0.1) is 47.3 Å². The van der Waals surface area contributed by atoms with Crippen molar-refractivity contribution in [3.8, 4) is 0 Å². The highest BCUT2D eigenvalue weighted by Gasteiger charge is 2.54. The first-order valence-corrected chi connectivity index (χ1v) is 23.8. The predicted octanol–water partition coefficient (Wildman–Crippen LogP) is 6.06. The Kier molecular flexibility index (Phi) is 18.6. The number of ether oxygens (including phenoxy) is 4. The lowest BCUT2D eigenvalue weighted by molar-refractivity contribution is -0.265. The van der Waals surface area contributed by atoms with Crippen LogP contribution in [0.25, 0.3) is 0 Å². The largest absolute Gasteiger partial charge is 0.390 e. The molecule has 1 unspecified atom stereocenters. The average molecular weight is 896 g/mol. The molecule has 13 nitrogen and oxygen atoms in total. The first-order valence-electron chi connectivity index (χ1n) is 23.8. The maximum atomic E-state index is 14.5. The number of ketones is 4. The number of aliphatic hydroxyl groups is 3. The number of nitrogens with zero attached hydrogens (tertiary/aromatic N) is 1. The lowest BCUT2D eigenvalue weighted by atomic mass is 9.68. The number of methoxy groups -OCH3 is 3. The number of rotatable bonds is 5. The highest BCUT2D eigenvalue weighted by Crippen LogP contribution is 2.46. The van der Waals surface area contributed by atoms with E-state index < -0.39 is 71.8 Å². The Hall–Kier alpha value is -3.17. The molecule has 5 rings (SSSR count). The second kappa shape index (κ2) is 23.0. The Morgan fingerprint density at radius 1 is 0.781 bits per heavy atom. The van der Waals surface area contributed by atoms with Crippen molar-refractivity contribution in [3.05, 3.63) is 47.6 Å². The molecule has 5 bridgehead atoms. The first kappa shape index (κ1) is 51.8. The molecule has 64 heavy (non-hydrogen) atoms. The normalized spacial score (nSPS) is 43.3. The summed E-state index contributed by atoms with van der Waals surface area (Å²) in [7, 11) is 4.59. The van der Waals surface area contributed by atoms with Crippen LogP contribution in [0.3, 0.4) is 0 Å². The zero-order valence-corrected chi connectivity index (χ0v) is 39.8. The van der Waals surface area contributed by atoms with Crippen LogP contribution in [-0.2, 0) is 42.9 Å². The van der Waals surface area contributed by atoms with Crippen LogP contribution >= 0.6 is 0 Å². The molecule has 1 amide bonds. The minimum Gasteiger partial charge on any atom is -0.390 e. The smallest absolute Gasteiger partial charge is 0.296 e. The number of carbonyl (C=O) groups is 5. The quantitative estimate of drug-likeness (QED) is 0.214. The van der Waals surface area contributed by atoms with Gasteiger partial charge in [-0.25, -0.2) is 0 Å². The summed E-state index contributed by atoms with van der Waals surface area (Å²) in [6.07, 6.45) is 12.6. The monoisotopic (exact) mass is 896 g/mol. The molecule has 16 atom stereocenters. The molecule has 358 valence electrons. The lowest BCUT2D eigenvalue weighted by Crippen LogP contribution is -2.61. The molecular formula is C51H77NO12. The standard InChI is InChI=1S/C51H77NO12/c1-29-13-11-10-12-14-30(2)44(61-7)28-38-17-15-34(6)51(60,64-38)49(58)50(59)52-20-19-36-25-40(52)43(55)27-37(39(36)23-35-16-18-41(53)45(24-35)62-8)26-42(54)31(3)22-33(5)47(57)48(63-9)46(56)32(4)21-29/h10-14,22,29,31-32,34-41,44-45,47-48,53,57,60H,15-21,23-28H2,1-9H3/b12-10+,13-11+,30-14+,33-22+/t29-,31-,32-,34-,35+,36+,37-,38+,39?,40+,41-,44+,45-,47-,48+,51-/m1/s1. The van der Waals surface area contributed by atoms with Crippen LogP contribution in [0.15, 0.2) is 47.6 Å². The number of fused-ring (bicyclic) bond motifs is 5. The SMILES string of the molecule is CO[C@H]1C[C@@H]2CC[C@@H](C)[C@@](O)(O2)C(=O)C(=O)N2CC[C@H]3C[C@H]2C(=O)C[C@@H](CC(=O)[C@H](C)/C=C(\C)[C@@H](O)[C@@H](OC)C(=O)[C@H](C)C[C@H](C)/C=C/C=C/C=C/1C)C3C[C@@H]1CC[C@@H](O)[C@H](OC)C1. The number of carbonyl (C=O) groups excluding carboxylic acids is 5. The molecule has 3 aliphatic heterocycles. The number of aliphatic hydroxyl groups excluding tert-OH is 2. The van der Waals surface area contributed by atoms with Crippen molar-refractivity contribution >= 4 is 29.0 Å². The van der Waals surface area contributed by atoms with Crippen molar-refractivity contribution in [1.82, 2.24) is 4.90 Å². The summed E-state index contributed by atoms with van der Waals surface area (Å²) in [5, 5.41) is 34.0. The second-order valence-electron chi connectivity index (χ2n) is 20.0. The number of Topliss-reactive ketones (excluding diaryl/α,β-unsaturated/α-hetero) is 4. The van der Waals surface area contributed by atoms with Crippen LogP contribution in [0.4, 0.5) is 0 Å². The molecule has 2 saturated carbocycles. The highest BCUT2D eigenvalue weighted by molar-refractivity contribution is 6.39. The molecule has 0 aromatic rings. The van der Waals surface area contributed by atoms with Crippen LogP contribution in [0.2, 0.25) is 0 Å². The van der Waals surface area contributed by atoms with Crippen molar-refractivity contribution < 1.29 is 58.2 Å². The van der Waals surface area contributed by atoms with Gasteiger partial charge in [0, 0.05) is 64.9 Å². The van der Waals surface area contributed by atoms with Gasteiger partial charge in [-0.2, -0.15) is 0 Å². The third-order valence-electron chi connectivity index (χ3n) is 15.5. The molecule has 3 heterocycles. The third kappa shape index (κ3) is 12.2. The Balaban J connectivity index is 1.49. The van der Waals surface area contributed by atoms with E-state index in [1.54, 1.807) is 41.1 Å². The summed E-state index contributed by atoms with van der Waals surface area (Å²) in [6, 6.07) is -0.899. The van der Waals surface area contributed by atoms with Crippen LogP contribution in [0.5, 0.6) is 0 Å². The third-order valence-corrected chi connectivity index (χ3v) is 15.5. The molecule has 0 spiro atoms. The first-order chi connectivity index (χ1) is 30.3. The van der Waals surface area contributed by atoms with E-state index >= 15 is 0 Å². The Labute approximate surface area is 381 Å². The van der Waals surface area contributed by atoms with Gasteiger partial charge in [-0.05, 0) is 112 Å².